The van der Waals surface area contributed by atoms with Gasteiger partial charge in [0.05, 0.1) is 18.8 Å². The molecule has 2 N–H and O–H groups in total. The van der Waals surface area contributed by atoms with Crippen LogP contribution in [0.25, 0.3) is 0 Å². The molecule has 0 atom stereocenters. The Hall–Kier alpha value is -1.26. The molecule has 1 fully saturated rings. The maximum absolute atomic E-state index is 10.0. The second-order valence-corrected chi connectivity index (χ2v) is 5.83. The van der Waals surface area contributed by atoms with Gasteiger partial charge in [-0.2, -0.15) is 0 Å². The highest BCUT2D eigenvalue weighted by Gasteiger charge is 2.33. The van der Waals surface area contributed by atoms with Crippen LogP contribution in [0.2, 0.25) is 0 Å². The standard InChI is InChI=1S/C16H25NO3/c1-12(2)20-14-6-5-13(9-15(14)19-3)10-17-11-16(18)7-4-8-16/h5-6,9,12,17-18H,4,7-8,10-11H2,1-3H3. The number of hydrogen-bond acceptors (Lipinski definition) is 4. The number of nitrogens with one attached hydrogen (secondary N) is 1. The number of ether oxygens (including phenoxy) is 2. The zero-order valence-corrected chi connectivity index (χ0v) is 12.6. The minimum Gasteiger partial charge on any atom is -0.493 e. The molecule has 112 valence electrons. The molecule has 20 heavy (non-hydrogen) atoms. The third kappa shape index (κ3) is 3.87. The van der Waals surface area contributed by atoms with Crippen LogP contribution in [0.1, 0.15) is 38.7 Å². The van der Waals surface area contributed by atoms with Crippen molar-refractivity contribution >= 4 is 0 Å². The molecule has 0 aliphatic heterocycles. The molecule has 0 aromatic heterocycles. The minimum atomic E-state index is -0.481. The van der Waals surface area contributed by atoms with Gasteiger partial charge in [0.2, 0.25) is 0 Å². The summed E-state index contributed by atoms with van der Waals surface area (Å²) in [5.41, 5.74) is 0.644. The number of benzene rings is 1. The van der Waals surface area contributed by atoms with Crippen LogP contribution < -0.4 is 14.8 Å². The van der Waals surface area contributed by atoms with E-state index in [9.17, 15) is 5.11 Å². The summed E-state index contributed by atoms with van der Waals surface area (Å²) in [6.45, 7) is 5.36. The van der Waals surface area contributed by atoms with Gasteiger partial charge in [-0.3, -0.25) is 0 Å². The van der Waals surface area contributed by atoms with Crippen molar-refractivity contribution < 1.29 is 14.6 Å². The van der Waals surface area contributed by atoms with Gasteiger partial charge >= 0.3 is 0 Å². The van der Waals surface area contributed by atoms with E-state index in [0.717, 1.165) is 42.9 Å². The lowest BCUT2D eigenvalue weighted by Gasteiger charge is -2.36. The van der Waals surface area contributed by atoms with Gasteiger partial charge < -0.3 is 19.9 Å². The lowest BCUT2D eigenvalue weighted by Crippen LogP contribution is -2.45. The third-order valence-corrected chi connectivity index (χ3v) is 3.66. The molecule has 0 saturated heterocycles. The van der Waals surface area contributed by atoms with E-state index in [2.05, 4.69) is 5.32 Å². The van der Waals surface area contributed by atoms with Gasteiger partial charge in [0.1, 0.15) is 0 Å². The van der Waals surface area contributed by atoms with Crippen LogP contribution in [0.5, 0.6) is 11.5 Å². The molecule has 0 bridgehead atoms. The van der Waals surface area contributed by atoms with Crippen molar-refractivity contribution in [2.45, 2.75) is 51.4 Å². The predicted octanol–water partition coefficient (Wildman–Crippen LogP) is 2.49. The van der Waals surface area contributed by atoms with Gasteiger partial charge in [-0.05, 0) is 50.8 Å². The Balaban J connectivity index is 1.91. The SMILES string of the molecule is COc1cc(CNCC2(O)CCC2)ccc1OC(C)C. The predicted molar refractivity (Wildman–Crippen MR) is 79.3 cm³/mol. The van der Waals surface area contributed by atoms with Crippen molar-refractivity contribution in [1.82, 2.24) is 5.32 Å². The molecule has 0 radical (unpaired) electrons. The van der Waals surface area contributed by atoms with Crippen LogP contribution in [-0.2, 0) is 6.54 Å². The van der Waals surface area contributed by atoms with Crippen molar-refractivity contribution in [2.75, 3.05) is 13.7 Å². The van der Waals surface area contributed by atoms with E-state index in [0.29, 0.717) is 6.54 Å². The van der Waals surface area contributed by atoms with Crippen molar-refractivity contribution in [3.8, 4) is 11.5 Å². The summed E-state index contributed by atoms with van der Waals surface area (Å²) in [6, 6.07) is 5.95. The van der Waals surface area contributed by atoms with Gasteiger partial charge in [0, 0.05) is 13.1 Å². The Morgan fingerprint density at radius 2 is 2.05 bits per heavy atom. The largest absolute Gasteiger partial charge is 0.493 e. The number of methoxy groups -OCH3 is 1. The smallest absolute Gasteiger partial charge is 0.161 e. The van der Waals surface area contributed by atoms with Crippen molar-refractivity contribution in [3.05, 3.63) is 23.8 Å². The number of hydrogen-bond donors (Lipinski definition) is 2. The van der Waals surface area contributed by atoms with E-state index in [4.69, 9.17) is 9.47 Å². The summed E-state index contributed by atoms with van der Waals surface area (Å²) in [5.74, 6) is 1.52. The Labute approximate surface area is 121 Å². The van der Waals surface area contributed by atoms with Crippen LogP contribution in [0, 0.1) is 0 Å². The molecule has 1 aromatic rings. The van der Waals surface area contributed by atoms with Gasteiger partial charge in [-0.25, -0.2) is 0 Å². The molecule has 4 heteroatoms. The molecule has 0 unspecified atom stereocenters. The van der Waals surface area contributed by atoms with Gasteiger partial charge in [-0.1, -0.05) is 6.07 Å². The molecule has 1 saturated carbocycles. The second-order valence-electron chi connectivity index (χ2n) is 5.83. The molecule has 1 aliphatic rings. The Kier molecular flexibility index (Phi) is 4.89. The van der Waals surface area contributed by atoms with Crippen LogP contribution in [0.3, 0.4) is 0 Å². The molecular weight excluding hydrogens is 254 g/mol. The monoisotopic (exact) mass is 279 g/mol. The maximum Gasteiger partial charge on any atom is 0.161 e. The molecule has 0 amide bonds. The number of rotatable bonds is 7. The van der Waals surface area contributed by atoms with E-state index >= 15 is 0 Å². The Bertz CT molecular complexity index is 441. The van der Waals surface area contributed by atoms with Crippen LogP contribution in [-0.4, -0.2) is 30.5 Å². The van der Waals surface area contributed by atoms with Gasteiger partial charge in [0.25, 0.3) is 0 Å². The summed E-state index contributed by atoms with van der Waals surface area (Å²) < 4.78 is 11.1. The molecule has 0 spiro atoms. The highest BCUT2D eigenvalue weighted by molar-refractivity contribution is 5.43. The highest BCUT2D eigenvalue weighted by atomic mass is 16.5. The topological polar surface area (TPSA) is 50.7 Å². The fourth-order valence-corrected chi connectivity index (χ4v) is 2.37. The van der Waals surface area contributed by atoms with Gasteiger partial charge in [-0.15, -0.1) is 0 Å². The summed E-state index contributed by atoms with van der Waals surface area (Å²) in [5, 5.41) is 13.3. The summed E-state index contributed by atoms with van der Waals surface area (Å²) in [6.07, 6.45) is 3.07. The molecule has 1 aromatic carbocycles. The first-order valence-corrected chi connectivity index (χ1v) is 7.29. The molecule has 4 nitrogen and oxygen atoms in total. The fourth-order valence-electron chi connectivity index (χ4n) is 2.37. The first-order valence-electron chi connectivity index (χ1n) is 7.29. The zero-order valence-electron chi connectivity index (χ0n) is 12.6. The average Bonchev–Trinajstić information content (AvgIpc) is 2.37. The lowest BCUT2D eigenvalue weighted by molar-refractivity contribution is -0.0314. The quantitative estimate of drug-likeness (QED) is 0.805. The molecule has 1 aliphatic carbocycles. The maximum atomic E-state index is 10.0. The Morgan fingerprint density at radius 3 is 2.60 bits per heavy atom. The van der Waals surface area contributed by atoms with Crippen LogP contribution in [0.15, 0.2) is 18.2 Å². The van der Waals surface area contributed by atoms with E-state index in [1.54, 1.807) is 7.11 Å². The van der Waals surface area contributed by atoms with Crippen molar-refractivity contribution in [1.29, 1.82) is 0 Å². The van der Waals surface area contributed by atoms with E-state index in [1.807, 2.05) is 32.0 Å². The van der Waals surface area contributed by atoms with Crippen LogP contribution >= 0.6 is 0 Å². The average molecular weight is 279 g/mol. The summed E-state index contributed by atoms with van der Waals surface area (Å²) in [7, 11) is 1.65. The van der Waals surface area contributed by atoms with E-state index in [1.165, 1.54) is 0 Å². The summed E-state index contributed by atoms with van der Waals surface area (Å²) >= 11 is 0. The molecular formula is C16H25NO3. The first-order chi connectivity index (χ1) is 9.52. The fraction of sp³-hybridized carbons (Fsp3) is 0.625. The van der Waals surface area contributed by atoms with Crippen molar-refractivity contribution in [2.24, 2.45) is 0 Å². The van der Waals surface area contributed by atoms with E-state index < -0.39 is 5.60 Å². The Morgan fingerprint density at radius 1 is 1.30 bits per heavy atom. The molecule has 0 heterocycles. The normalized spacial score (nSPS) is 16.9. The summed E-state index contributed by atoms with van der Waals surface area (Å²) in [4.78, 5) is 0. The zero-order chi connectivity index (χ0) is 14.6. The minimum absolute atomic E-state index is 0.126. The molecule has 2 rings (SSSR count). The van der Waals surface area contributed by atoms with Crippen LogP contribution in [0.4, 0.5) is 0 Å². The first kappa shape index (κ1) is 15.1. The van der Waals surface area contributed by atoms with Gasteiger partial charge in [0.15, 0.2) is 11.5 Å². The number of aliphatic hydroxyl groups is 1. The highest BCUT2D eigenvalue weighted by Crippen LogP contribution is 2.31. The second kappa shape index (κ2) is 6.46. The van der Waals surface area contributed by atoms with Crippen molar-refractivity contribution in [3.63, 3.8) is 0 Å². The van der Waals surface area contributed by atoms with E-state index in [-0.39, 0.29) is 6.10 Å². The lowest BCUT2D eigenvalue weighted by atomic mass is 9.80. The third-order valence-electron chi connectivity index (χ3n) is 3.66.